The standard InChI is InChI=1S/C23H22ClN3O3S/c1-27(23(14-8-7-13-19(23)28)17-11-5-6-12-18(17)24)20(29)15-31-22-26-25-21(30-22)16-9-3-2-4-10-16/h2-6,9-12H,7-8,13-15H2,1H3/t23-/m0/s1. The van der Waals surface area contributed by atoms with Crippen molar-refractivity contribution >= 4 is 35.1 Å². The highest BCUT2D eigenvalue weighted by Gasteiger charge is 2.47. The molecule has 0 aliphatic heterocycles. The highest BCUT2D eigenvalue weighted by atomic mass is 35.5. The van der Waals surface area contributed by atoms with Crippen molar-refractivity contribution in [2.45, 2.75) is 36.4 Å². The molecule has 1 aliphatic carbocycles. The third-order valence-corrected chi connectivity index (χ3v) is 6.80. The first-order valence-electron chi connectivity index (χ1n) is 10.1. The van der Waals surface area contributed by atoms with Crippen LogP contribution in [0.2, 0.25) is 5.02 Å². The molecule has 1 aliphatic rings. The van der Waals surface area contributed by atoms with E-state index in [9.17, 15) is 9.59 Å². The van der Waals surface area contributed by atoms with Crippen LogP contribution < -0.4 is 0 Å². The summed E-state index contributed by atoms with van der Waals surface area (Å²) in [6.45, 7) is 0. The van der Waals surface area contributed by atoms with E-state index in [2.05, 4.69) is 10.2 Å². The summed E-state index contributed by atoms with van der Waals surface area (Å²) in [4.78, 5) is 27.8. The van der Waals surface area contributed by atoms with E-state index in [0.717, 1.165) is 30.2 Å². The minimum atomic E-state index is -1.04. The number of ketones is 1. The lowest BCUT2D eigenvalue weighted by Crippen LogP contribution is -2.54. The van der Waals surface area contributed by atoms with Gasteiger partial charge >= 0.3 is 0 Å². The maximum Gasteiger partial charge on any atom is 0.277 e. The van der Waals surface area contributed by atoms with Crippen LogP contribution in [0.5, 0.6) is 0 Å². The number of likely N-dealkylation sites (N-methyl/N-ethyl adjacent to an activating group) is 1. The highest BCUT2D eigenvalue weighted by molar-refractivity contribution is 7.99. The SMILES string of the molecule is CN(C(=O)CSc1nnc(-c2ccccc2)o1)[C@]1(c2ccccc2Cl)CCCCC1=O. The van der Waals surface area contributed by atoms with E-state index in [-0.39, 0.29) is 17.4 Å². The summed E-state index contributed by atoms with van der Waals surface area (Å²) in [5.74, 6) is 0.308. The quantitative estimate of drug-likeness (QED) is 0.488. The second-order valence-electron chi connectivity index (χ2n) is 7.45. The number of aromatic nitrogens is 2. The van der Waals surface area contributed by atoms with Crippen molar-refractivity contribution in [1.29, 1.82) is 0 Å². The smallest absolute Gasteiger partial charge is 0.277 e. The third-order valence-electron chi connectivity index (χ3n) is 5.67. The number of carbonyl (C=O) groups is 2. The zero-order valence-corrected chi connectivity index (χ0v) is 18.7. The number of carbonyl (C=O) groups excluding carboxylic acids is 2. The molecule has 1 heterocycles. The van der Waals surface area contributed by atoms with Crippen molar-refractivity contribution < 1.29 is 14.0 Å². The normalized spacial score (nSPS) is 18.7. The van der Waals surface area contributed by atoms with Crippen LogP contribution in [0.3, 0.4) is 0 Å². The van der Waals surface area contributed by atoms with Crippen LogP contribution in [-0.4, -0.2) is 39.6 Å². The molecule has 6 nitrogen and oxygen atoms in total. The summed E-state index contributed by atoms with van der Waals surface area (Å²) in [6, 6.07) is 16.7. The van der Waals surface area contributed by atoms with Crippen molar-refractivity contribution in [2.24, 2.45) is 0 Å². The van der Waals surface area contributed by atoms with Gasteiger partial charge in [-0.3, -0.25) is 9.59 Å². The largest absolute Gasteiger partial charge is 0.411 e. The van der Waals surface area contributed by atoms with Crippen molar-refractivity contribution in [1.82, 2.24) is 15.1 Å². The second kappa shape index (κ2) is 9.24. The molecule has 160 valence electrons. The Morgan fingerprint density at radius 1 is 1.13 bits per heavy atom. The number of Topliss-reactive ketones (excluding diaryl/α,β-unsaturated/α-hetero) is 1. The number of hydrogen-bond acceptors (Lipinski definition) is 6. The van der Waals surface area contributed by atoms with Crippen molar-refractivity contribution in [3.8, 4) is 11.5 Å². The van der Waals surface area contributed by atoms with Crippen LogP contribution in [0, 0.1) is 0 Å². The summed E-state index contributed by atoms with van der Waals surface area (Å²) in [5, 5.41) is 8.88. The van der Waals surface area contributed by atoms with Crippen LogP contribution in [0.4, 0.5) is 0 Å². The summed E-state index contributed by atoms with van der Waals surface area (Å²) < 4.78 is 5.68. The van der Waals surface area contributed by atoms with Gasteiger partial charge in [0.2, 0.25) is 11.8 Å². The van der Waals surface area contributed by atoms with Gasteiger partial charge in [-0.25, -0.2) is 0 Å². The summed E-state index contributed by atoms with van der Waals surface area (Å²) in [7, 11) is 1.68. The monoisotopic (exact) mass is 455 g/mol. The van der Waals surface area contributed by atoms with Crippen molar-refractivity contribution in [3.05, 3.63) is 65.2 Å². The Morgan fingerprint density at radius 2 is 1.87 bits per heavy atom. The minimum Gasteiger partial charge on any atom is -0.411 e. The molecule has 1 aromatic heterocycles. The molecule has 1 amide bonds. The van der Waals surface area contributed by atoms with Gasteiger partial charge in [0.15, 0.2) is 5.78 Å². The van der Waals surface area contributed by atoms with E-state index in [1.54, 1.807) is 18.0 Å². The Morgan fingerprint density at radius 3 is 2.61 bits per heavy atom. The molecule has 31 heavy (non-hydrogen) atoms. The van der Waals surface area contributed by atoms with E-state index in [0.29, 0.717) is 34.5 Å². The van der Waals surface area contributed by atoms with Crippen molar-refractivity contribution in [3.63, 3.8) is 0 Å². The van der Waals surface area contributed by atoms with Crippen LogP contribution in [0.25, 0.3) is 11.5 Å². The fourth-order valence-electron chi connectivity index (χ4n) is 4.03. The fourth-order valence-corrected chi connectivity index (χ4v) is 5.00. The van der Waals surface area contributed by atoms with E-state index in [1.807, 2.05) is 48.5 Å². The van der Waals surface area contributed by atoms with Gasteiger partial charge in [-0.2, -0.15) is 0 Å². The number of hydrogen-bond donors (Lipinski definition) is 0. The molecule has 0 unspecified atom stereocenters. The predicted octanol–water partition coefficient (Wildman–Crippen LogP) is 4.98. The minimum absolute atomic E-state index is 0.0249. The van der Waals surface area contributed by atoms with Gasteiger partial charge in [0.25, 0.3) is 5.22 Å². The lowest BCUT2D eigenvalue weighted by atomic mass is 9.74. The number of benzene rings is 2. The molecule has 3 aromatic rings. The topological polar surface area (TPSA) is 76.3 Å². The molecule has 8 heteroatoms. The molecule has 0 bridgehead atoms. The zero-order chi connectivity index (χ0) is 21.8. The number of nitrogens with zero attached hydrogens (tertiary/aromatic N) is 3. The van der Waals surface area contributed by atoms with Gasteiger partial charge in [-0.05, 0) is 37.5 Å². The van der Waals surface area contributed by atoms with E-state index >= 15 is 0 Å². The molecule has 4 rings (SSSR count). The fraction of sp³-hybridized carbons (Fsp3) is 0.304. The van der Waals surface area contributed by atoms with Gasteiger partial charge in [-0.15, -0.1) is 10.2 Å². The van der Waals surface area contributed by atoms with Gasteiger partial charge in [0.1, 0.15) is 5.54 Å². The Bertz CT molecular complexity index is 1090. The number of rotatable bonds is 6. The first kappa shape index (κ1) is 21.6. The average molecular weight is 456 g/mol. The predicted molar refractivity (Wildman–Crippen MR) is 120 cm³/mol. The lowest BCUT2D eigenvalue weighted by Gasteiger charge is -2.44. The average Bonchev–Trinajstić information content (AvgIpc) is 3.28. The second-order valence-corrected chi connectivity index (χ2v) is 8.78. The molecule has 1 atom stereocenters. The van der Waals surface area contributed by atoms with Gasteiger partial charge in [-0.1, -0.05) is 59.8 Å². The van der Waals surface area contributed by atoms with Crippen LogP contribution >= 0.6 is 23.4 Å². The molecule has 0 radical (unpaired) electrons. The number of amides is 1. The molecule has 0 saturated heterocycles. The third kappa shape index (κ3) is 4.25. The molecular weight excluding hydrogens is 434 g/mol. The van der Waals surface area contributed by atoms with E-state index < -0.39 is 5.54 Å². The zero-order valence-electron chi connectivity index (χ0n) is 17.1. The number of halogens is 1. The molecular formula is C23H22ClN3O3S. The van der Waals surface area contributed by atoms with Gasteiger partial charge in [0, 0.05) is 29.6 Å². The van der Waals surface area contributed by atoms with Crippen LogP contribution in [0.15, 0.2) is 64.2 Å². The van der Waals surface area contributed by atoms with Crippen LogP contribution in [0.1, 0.15) is 31.2 Å². The molecule has 2 aromatic carbocycles. The molecule has 0 N–H and O–H groups in total. The van der Waals surface area contributed by atoms with Gasteiger partial charge < -0.3 is 9.32 Å². The molecule has 0 spiro atoms. The van der Waals surface area contributed by atoms with Gasteiger partial charge in [0.05, 0.1) is 5.75 Å². The van der Waals surface area contributed by atoms with Crippen LogP contribution in [-0.2, 0) is 15.1 Å². The molecule has 1 fully saturated rings. The number of thioether (sulfide) groups is 1. The molecule has 1 saturated carbocycles. The van der Waals surface area contributed by atoms with Crippen molar-refractivity contribution in [2.75, 3.05) is 12.8 Å². The Balaban J connectivity index is 1.52. The summed E-state index contributed by atoms with van der Waals surface area (Å²) in [5.41, 5.74) is 0.459. The lowest BCUT2D eigenvalue weighted by molar-refractivity contribution is -0.146. The first-order chi connectivity index (χ1) is 15.0. The summed E-state index contributed by atoms with van der Waals surface area (Å²) >= 11 is 7.63. The van der Waals surface area contributed by atoms with E-state index in [1.165, 1.54) is 0 Å². The Kier molecular flexibility index (Phi) is 6.43. The summed E-state index contributed by atoms with van der Waals surface area (Å²) in [6.07, 6.45) is 2.67. The first-order valence-corrected chi connectivity index (χ1v) is 11.5. The highest BCUT2D eigenvalue weighted by Crippen LogP contribution is 2.42. The Hall–Kier alpha value is -2.64. The maximum absolute atomic E-state index is 13.1. The Labute approximate surface area is 190 Å². The maximum atomic E-state index is 13.1. The van der Waals surface area contributed by atoms with E-state index in [4.69, 9.17) is 16.0 Å².